The minimum Gasteiger partial charge on any atom is -0.356 e. The van der Waals surface area contributed by atoms with E-state index in [2.05, 4.69) is 20.3 Å². The maximum absolute atomic E-state index is 12.1. The van der Waals surface area contributed by atoms with E-state index in [9.17, 15) is 14.4 Å². The smallest absolute Gasteiger partial charge is 0.323 e. The molecule has 0 aliphatic rings. The lowest BCUT2D eigenvalue weighted by Gasteiger charge is -2.03. The minimum atomic E-state index is -0.361. The molecule has 0 atom stereocenters. The first-order valence-electron chi connectivity index (χ1n) is 6.26. The molecule has 106 valence electrons. The average molecular weight is 284 g/mol. The van der Waals surface area contributed by atoms with Crippen molar-refractivity contribution in [3.05, 3.63) is 52.2 Å². The second-order valence-corrected chi connectivity index (χ2v) is 4.65. The van der Waals surface area contributed by atoms with Gasteiger partial charge in [-0.25, -0.2) is 4.79 Å². The summed E-state index contributed by atoms with van der Waals surface area (Å²) in [6.45, 7) is 1.43. The molecule has 0 fully saturated rings. The molecule has 7 nitrogen and oxygen atoms in total. The van der Waals surface area contributed by atoms with Crippen molar-refractivity contribution in [1.82, 2.24) is 15.0 Å². The van der Waals surface area contributed by atoms with Crippen molar-refractivity contribution in [2.45, 2.75) is 6.92 Å². The Bertz CT molecular complexity index is 900. The van der Waals surface area contributed by atoms with Gasteiger partial charge in [0.1, 0.15) is 5.69 Å². The fraction of sp³-hybridized carbons (Fsp3) is 0.0714. The van der Waals surface area contributed by atoms with Gasteiger partial charge in [0.15, 0.2) is 5.78 Å². The van der Waals surface area contributed by atoms with Gasteiger partial charge in [-0.1, -0.05) is 0 Å². The number of nitrogens with one attached hydrogen (secondary N) is 4. The molecular formula is C14H12N4O3. The van der Waals surface area contributed by atoms with Crippen molar-refractivity contribution < 1.29 is 9.59 Å². The number of aromatic nitrogens is 3. The van der Waals surface area contributed by atoms with Gasteiger partial charge in [-0.3, -0.25) is 9.59 Å². The van der Waals surface area contributed by atoms with Crippen LogP contribution in [-0.2, 0) is 0 Å². The number of rotatable bonds is 3. The number of carbonyl (C=O) groups excluding carboxylic acids is 2. The number of hydrogen-bond acceptors (Lipinski definition) is 3. The number of anilines is 1. The number of carbonyl (C=O) groups is 2. The third-order valence-corrected chi connectivity index (χ3v) is 3.11. The number of H-pyrrole nitrogens is 3. The van der Waals surface area contributed by atoms with E-state index in [0.29, 0.717) is 28.0 Å². The van der Waals surface area contributed by atoms with Crippen LogP contribution in [0.2, 0.25) is 0 Å². The van der Waals surface area contributed by atoms with Crippen LogP contribution in [-0.4, -0.2) is 26.6 Å². The number of benzene rings is 1. The Labute approximate surface area is 118 Å². The molecular weight excluding hydrogens is 272 g/mol. The Morgan fingerprint density at radius 1 is 1.10 bits per heavy atom. The number of amides is 1. The van der Waals surface area contributed by atoms with Crippen molar-refractivity contribution in [1.29, 1.82) is 0 Å². The van der Waals surface area contributed by atoms with Crippen LogP contribution < -0.4 is 11.0 Å². The lowest BCUT2D eigenvalue weighted by molar-refractivity contribution is 0.101. The zero-order valence-electron chi connectivity index (χ0n) is 11.1. The second kappa shape index (κ2) is 4.78. The highest BCUT2D eigenvalue weighted by Gasteiger charge is 2.11. The number of imidazole rings is 1. The summed E-state index contributed by atoms with van der Waals surface area (Å²) >= 11 is 0. The van der Waals surface area contributed by atoms with Crippen LogP contribution in [0.25, 0.3) is 11.0 Å². The molecule has 0 saturated carbocycles. The highest BCUT2D eigenvalue weighted by Crippen LogP contribution is 2.15. The van der Waals surface area contributed by atoms with E-state index in [1.54, 1.807) is 18.2 Å². The van der Waals surface area contributed by atoms with Crippen LogP contribution in [0.4, 0.5) is 5.69 Å². The van der Waals surface area contributed by atoms with E-state index in [4.69, 9.17) is 0 Å². The maximum atomic E-state index is 12.1. The van der Waals surface area contributed by atoms with Crippen molar-refractivity contribution in [2.75, 3.05) is 5.32 Å². The van der Waals surface area contributed by atoms with E-state index in [0.717, 1.165) is 0 Å². The topological polar surface area (TPSA) is 111 Å². The molecule has 0 bridgehead atoms. The Kier molecular flexibility index (Phi) is 2.94. The van der Waals surface area contributed by atoms with Gasteiger partial charge in [-0.2, -0.15) is 0 Å². The SMILES string of the molecule is CC(=O)c1c[nH]c(C(=O)Nc2ccc3[nH]c(=O)[nH]c3c2)c1. The molecule has 7 heteroatoms. The van der Waals surface area contributed by atoms with Crippen molar-refractivity contribution in [3.8, 4) is 0 Å². The van der Waals surface area contributed by atoms with E-state index < -0.39 is 0 Å². The summed E-state index contributed by atoms with van der Waals surface area (Å²) < 4.78 is 0. The second-order valence-electron chi connectivity index (χ2n) is 4.65. The summed E-state index contributed by atoms with van der Waals surface area (Å²) in [4.78, 5) is 42.4. The summed E-state index contributed by atoms with van der Waals surface area (Å²) in [5.41, 5.74) is 2.25. The number of ketones is 1. The summed E-state index contributed by atoms with van der Waals surface area (Å²) in [6.07, 6.45) is 1.49. The van der Waals surface area contributed by atoms with E-state index in [1.807, 2.05) is 0 Å². The third-order valence-electron chi connectivity index (χ3n) is 3.11. The lowest BCUT2D eigenvalue weighted by Crippen LogP contribution is -2.12. The highest BCUT2D eigenvalue weighted by atomic mass is 16.2. The van der Waals surface area contributed by atoms with Crippen LogP contribution in [0.3, 0.4) is 0 Å². The molecule has 0 aliphatic carbocycles. The minimum absolute atomic E-state index is 0.114. The van der Waals surface area contributed by atoms with E-state index in [-0.39, 0.29) is 17.4 Å². The van der Waals surface area contributed by atoms with Gasteiger partial charge < -0.3 is 20.3 Å². The summed E-state index contributed by atoms with van der Waals surface area (Å²) in [5.74, 6) is -0.476. The number of fused-ring (bicyclic) bond motifs is 1. The van der Waals surface area contributed by atoms with E-state index in [1.165, 1.54) is 19.2 Å². The maximum Gasteiger partial charge on any atom is 0.323 e. The molecule has 0 radical (unpaired) electrons. The van der Waals surface area contributed by atoms with Gasteiger partial charge in [-0.05, 0) is 31.2 Å². The molecule has 0 saturated heterocycles. The van der Waals surface area contributed by atoms with Crippen molar-refractivity contribution in [3.63, 3.8) is 0 Å². The van der Waals surface area contributed by atoms with Gasteiger partial charge >= 0.3 is 5.69 Å². The summed E-state index contributed by atoms with van der Waals surface area (Å²) in [5, 5.41) is 2.69. The molecule has 1 amide bonds. The van der Waals surface area contributed by atoms with Gasteiger partial charge in [0, 0.05) is 17.4 Å². The monoisotopic (exact) mass is 284 g/mol. The van der Waals surface area contributed by atoms with Gasteiger partial charge in [0.2, 0.25) is 0 Å². The van der Waals surface area contributed by atoms with Crippen molar-refractivity contribution >= 4 is 28.4 Å². The normalized spacial score (nSPS) is 10.7. The molecule has 21 heavy (non-hydrogen) atoms. The van der Waals surface area contributed by atoms with E-state index >= 15 is 0 Å². The number of hydrogen-bond donors (Lipinski definition) is 4. The van der Waals surface area contributed by atoms with Gasteiger partial charge in [0.05, 0.1) is 11.0 Å². The van der Waals surface area contributed by atoms with Crippen LogP contribution in [0.5, 0.6) is 0 Å². The Hall–Kier alpha value is -3.09. The molecule has 2 heterocycles. The standard InChI is InChI=1S/C14H12N4O3/c1-7(19)8-4-12(15-6-8)13(20)16-9-2-3-10-11(5-9)18-14(21)17-10/h2-6,15H,1H3,(H,16,20)(H2,17,18,21). The predicted octanol–water partition coefficient (Wildman–Crippen LogP) is 1.64. The Morgan fingerprint density at radius 2 is 1.86 bits per heavy atom. The predicted molar refractivity (Wildman–Crippen MR) is 77.7 cm³/mol. The fourth-order valence-electron chi connectivity index (χ4n) is 2.04. The highest BCUT2D eigenvalue weighted by molar-refractivity contribution is 6.05. The zero-order chi connectivity index (χ0) is 15.0. The molecule has 3 aromatic rings. The summed E-state index contributed by atoms with van der Waals surface area (Å²) in [6, 6.07) is 6.52. The average Bonchev–Trinajstić information content (AvgIpc) is 3.03. The first kappa shape index (κ1) is 12.9. The quantitative estimate of drug-likeness (QED) is 0.548. The lowest BCUT2D eigenvalue weighted by atomic mass is 10.2. The molecule has 0 aliphatic heterocycles. The third kappa shape index (κ3) is 2.48. The molecule has 0 unspecified atom stereocenters. The van der Waals surface area contributed by atoms with Crippen molar-refractivity contribution in [2.24, 2.45) is 0 Å². The zero-order valence-corrected chi connectivity index (χ0v) is 11.1. The van der Waals surface area contributed by atoms with Crippen LogP contribution in [0, 0.1) is 0 Å². The molecule has 4 N–H and O–H groups in total. The Balaban J connectivity index is 1.84. The summed E-state index contributed by atoms with van der Waals surface area (Å²) in [7, 11) is 0. The first-order valence-corrected chi connectivity index (χ1v) is 6.26. The molecule has 0 spiro atoms. The van der Waals surface area contributed by atoms with Gasteiger partial charge in [-0.15, -0.1) is 0 Å². The van der Waals surface area contributed by atoms with Crippen LogP contribution in [0.15, 0.2) is 35.3 Å². The molecule has 2 aromatic heterocycles. The number of aromatic amines is 3. The number of Topliss-reactive ketones (excluding diaryl/α,β-unsaturated/α-hetero) is 1. The van der Waals surface area contributed by atoms with Crippen LogP contribution in [0.1, 0.15) is 27.8 Å². The molecule has 3 rings (SSSR count). The molecule has 1 aromatic carbocycles. The van der Waals surface area contributed by atoms with Crippen LogP contribution >= 0.6 is 0 Å². The Morgan fingerprint density at radius 3 is 2.57 bits per heavy atom. The fourth-order valence-corrected chi connectivity index (χ4v) is 2.04. The largest absolute Gasteiger partial charge is 0.356 e. The first-order chi connectivity index (χ1) is 10.0. The van der Waals surface area contributed by atoms with Gasteiger partial charge in [0.25, 0.3) is 5.91 Å².